The maximum Gasteiger partial charge on any atom is 0.254 e. The fourth-order valence-corrected chi connectivity index (χ4v) is 2.32. The molecule has 6 heteroatoms. The van der Waals surface area contributed by atoms with Gasteiger partial charge in [-0.25, -0.2) is 4.39 Å². The van der Waals surface area contributed by atoms with Gasteiger partial charge in [-0.15, -0.1) is 5.92 Å². The third-order valence-corrected chi connectivity index (χ3v) is 3.39. The van der Waals surface area contributed by atoms with E-state index in [1.807, 2.05) is 0 Å². The molecule has 5 nitrogen and oxygen atoms in total. The Morgan fingerprint density at radius 1 is 1.46 bits per heavy atom. The maximum absolute atomic E-state index is 14.1. The van der Waals surface area contributed by atoms with Crippen LogP contribution in [0.25, 0.3) is 0 Å². The maximum atomic E-state index is 14.1. The second kappa shape index (κ2) is 8.18. The van der Waals surface area contributed by atoms with Gasteiger partial charge in [0.05, 0.1) is 30.0 Å². The Kier molecular flexibility index (Phi) is 5.99. The minimum Gasteiger partial charge on any atom is -0.395 e. The molecule has 0 aliphatic carbocycles. The molecule has 0 saturated heterocycles. The summed E-state index contributed by atoms with van der Waals surface area (Å²) < 4.78 is 14.1. The summed E-state index contributed by atoms with van der Waals surface area (Å²) in [5.74, 6) is 4.86. The van der Waals surface area contributed by atoms with Gasteiger partial charge in [-0.3, -0.25) is 4.79 Å². The van der Waals surface area contributed by atoms with E-state index in [0.717, 1.165) is 5.56 Å². The third-order valence-electron chi connectivity index (χ3n) is 3.39. The second-order valence-electron chi connectivity index (χ2n) is 5.26. The molecular formula is C18H20FN3O2. The normalized spacial score (nSPS) is 13.4. The van der Waals surface area contributed by atoms with Gasteiger partial charge < -0.3 is 21.1 Å². The predicted molar refractivity (Wildman–Crippen MR) is 91.4 cm³/mol. The van der Waals surface area contributed by atoms with Crippen LogP contribution < -0.4 is 16.0 Å². The zero-order chi connectivity index (χ0) is 17.5. The van der Waals surface area contributed by atoms with E-state index in [9.17, 15) is 9.18 Å². The van der Waals surface area contributed by atoms with Gasteiger partial charge in [-0.05, 0) is 31.5 Å². The van der Waals surface area contributed by atoms with Crippen LogP contribution in [0.4, 0.5) is 10.1 Å². The van der Waals surface area contributed by atoms with Gasteiger partial charge in [0.25, 0.3) is 5.91 Å². The Bertz CT molecular complexity index is 757. The lowest BCUT2D eigenvalue weighted by Crippen LogP contribution is -2.34. The first-order valence-electron chi connectivity index (χ1n) is 7.59. The highest BCUT2D eigenvalue weighted by Crippen LogP contribution is 2.23. The molecule has 2 rings (SSSR count). The fourth-order valence-electron chi connectivity index (χ4n) is 2.32. The summed E-state index contributed by atoms with van der Waals surface area (Å²) in [4.78, 5) is 12.4. The number of dihydropyridines is 1. The van der Waals surface area contributed by atoms with Gasteiger partial charge in [0.2, 0.25) is 0 Å². The number of nitrogens with one attached hydrogen (secondary N) is 3. The van der Waals surface area contributed by atoms with E-state index in [4.69, 9.17) is 5.11 Å². The van der Waals surface area contributed by atoms with Crippen LogP contribution in [0, 0.1) is 24.6 Å². The highest BCUT2D eigenvalue weighted by Gasteiger charge is 2.22. The van der Waals surface area contributed by atoms with Crippen molar-refractivity contribution >= 4 is 11.6 Å². The number of aliphatic hydroxyl groups is 1. The van der Waals surface area contributed by atoms with Crippen molar-refractivity contribution in [3.05, 3.63) is 52.6 Å². The first kappa shape index (κ1) is 17.6. The smallest absolute Gasteiger partial charge is 0.254 e. The summed E-state index contributed by atoms with van der Waals surface area (Å²) in [6.45, 7) is 3.79. The molecule has 1 aromatic rings. The lowest BCUT2D eigenvalue weighted by Gasteiger charge is -2.21. The van der Waals surface area contributed by atoms with Crippen molar-refractivity contribution in [1.82, 2.24) is 10.6 Å². The summed E-state index contributed by atoms with van der Waals surface area (Å²) in [5.41, 5.74) is 2.47. The van der Waals surface area contributed by atoms with Crippen molar-refractivity contribution in [1.29, 1.82) is 0 Å². The fraction of sp³-hybridized carbons (Fsp3) is 0.278. The second-order valence-corrected chi connectivity index (χ2v) is 5.26. The molecule has 0 atom stereocenters. The zero-order valence-corrected chi connectivity index (χ0v) is 13.7. The van der Waals surface area contributed by atoms with Gasteiger partial charge >= 0.3 is 0 Å². The van der Waals surface area contributed by atoms with E-state index < -0.39 is 5.82 Å². The van der Waals surface area contributed by atoms with E-state index >= 15 is 0 Å². The number of hydrogen-bond donors (Lipinski definition) is 4. The predicted octanol–water partition coefficient (Wildman–Crippen LogP) is 1.42. The molecule has 0 saturated carbocycles. The largest absolute Gasteiger partial charge is 0.395 e. The van der Waals surface area contributed by atoms with Gasteiger partial charge in [0, 0.05) is 18.4 Å². The van der Waals surface area contributed by atoms with Crippen molar-refractivity contribution in [3.63, 3.8) is 0 Å². The van der Waals surface area contributed by atoms with Crippen molar-refractivity contribution < 1.29 is 14.3 Å². The van der Waals surface area contributed by atoms with Crippen LogP contribution in [0.15, 0.2) is 41.2 Å². The minimum atomic E-state index is -0.393. The molecule has 24 heavy (non-hydrogen) atoms. The lowest BCUT2D eigenvalue weighted by molar-refractivity contribution is -0.117. The number of rotatable bonds is 5. The minimum absolute atomic E-state index is 0.134. The zero-order valence-electron chi connectivity index (χ0n) is 13.7. The molecular weight excluding hydrogens is 309 g/mol. The highest BCUT2D eigenvalue weighted by molar-refractivity contribution is 6.00. The number of carbonyl (C=O) groups excluding carboxylic acids is 1. The Morgan fingerprint density at radius 2 is 2.25 bits per heavy atom. The van der Waals surface area contributed by atoms with E-state index in [2.05, 4.69) is 27.8 Å². The van der Waals surface area contributed by atoms with E-state index in [0.29, 0.717) is 23.4 Å². The van der Waals surface area contributed by atoms with Crippen molar-refractivity contribution in [2.45, 2.75) is 13.8 Å². The van der Waals surface area contributed by atoms with Crippen molar-refractivity contribution in [2.75, 3.05) is 25.0 Å². The van der Waals surface area contributed by atoms with Gasteiger partial charge in [-0.1, -0.05) is 12.0 Å². The monoisotopic (exact) mass is 329 g/mol. The number of aliphatic hydroxyl groups excluding tert-OH is 1. The SMILES string of the molecule is CC#CC1=CNCC(Nc2ccc(C)cc2F)=C1C(=O)NCCO. The van der Waals surface area contributed by atoms with Gasteiger partial charge in [0.15, 0.2) is 0 Å². The van der Waals surface area contributed by atoms with Crippen LogP contribution in [-0.2, 0) is 4.79 Å². The number of hydrogen-bond acceptors (Lipinski definition) is 4. The number of carbonyl (C=O) groups is 1. The van der Waals surface area contributed by atoms with Crippen molar-refractivity contribution in [3.8, 4) is 11.8 Å². The Morgan fingerprint density at radius 3 is 2.92 bits per heavy atom. The highest BCUT2D eigenvalue weighted by atomic mass is 19.1. The van der Waals surface area contributed by atoms with E-state index in [1.54, 1.807) is 32.2 Å². The Balaban J connectivity index is 2.40. The summed E-state index contributed by atoms with van der Waals surface area (Å²) in [7, 11) is 0. The van der Waals surface area contributed by atoms with Crippen molar-refractivity contribution in [2.24, 2.45) is 0 Å². The molecule has 0 bridgehead atoms. The van der Waals surface area contributed by atoms with Gasteiger partial charge in [-0.2, -0.15) is 0 Å². The molecule has 1 aliphatic rings. The number of anilines is 1. The first-order chi connectivity index (χ1) is 11.6. The van der Waals surface area contributed by atoms with Crippen LogP contribution in [0.3, 0.4) is 0 Å². The van der Waals surface area contributed by atoms with Crippen LogP contribution >= 0.6 is 0 Å². The quantitative estimate of drug-likeness (QED) is 0.617. The summed E-state index contributed by atoms with van der Waals surface area (Å²) in [6.07, 6.45) is 1.65. The molecule has 4 N–H and O–H groups in total. The Labute approximate surface area is 140 Å². The number of halogens is 1. The van der Waals surface area contributed by atoms with E-state index in [-0.39, 0.29) is 24.7 Å². The standard InChI is InChI=1S/C18H20FN3O2/c1-3-4-13-10-20-11-16(17(13)18(24)21-7-8-23)22-15-6-5-12(2)9-14(15)19/h5-6,9-10,20,22-23H,7-8,11H2,1-2H3,(H,21,24). The topological polar surface area (TPSA) is 73.4 Å². The number of aryl methyl sites for hydroxylation is 1. The van der Waals surface area contributed by atoms with Crippen LogP contribution in [0.2, 0.25) is 0 Å². The molecule has 1 heterocycles. The molecule has 0 aromatic heterocycles. The van der Waals surface area contributed by atoms with Crippen LogP contribution in [0.5, 0.6) is 0 Å². The molecule has 0 radical (unpaired) electrons. The average molecular weight is 329 g/mol. The first-order valence-corrected chi connectivity index (χ1v) is 7.59. The average Bonchev–Trinajstić information content (AvgIpc) is 2.56. The molecule has 1 aromatic carbocycles. The summed E-state index contributed by atoms with van der Waals surface area (Å²) in [5, 5.41) is 17.5. The molecule has 126 valence electrons. The number of amides is 1. The summed E-state index contributed by atoms with van der Waals surface area (Å²) >= 11 is 0. The van der Waals surface area contributed by atoms with Crippen LogP contribution in [-0.4, -0.2) is 30.7 Å². The van der Waals surface area contributed by atoms with Crippen LogP contribution in [0.1, 0.15) is 12.5 Å². The molecule has 0 spiro atoms. The van der Waals surface area contributed by atoms with E-state index in [1.165, 1.54) is 6.07 Å². The molecule has 0 unspecified atom stereocenters. The summed E-state index contributed by atoms with van der Waals surface area (Å²) in [6, 6.07) is 4.84. The lowest BCUT2D eigenvalue weighted by atomic mass is 10.0. The Hall–Kier alpha value is -2.78. The molecule has 0 fully saturated rings. The third kappa shape index (κ3) is 4.15. The molecule has 1 amide bonds. The van der Waals surface area contributed by atoms with Gasteiger partial charge in [0.1, 0.15) is 5.82 Å². The molecule has 1 aliphatic heterocycles. The number of benzene rings is 1.